The molecular weight excluding hydrogens is 841 g/mol. The van der Waals surface area contributed by atoms with Crippen LogP contribution in [0, 0.1) is 0 Å². The first-order valence-corrected chi connectivity index (χ1v) is 30.7. The van der Waals surface area contributed by atoms with Crippen LogP contribution < -0.4 is 0 Å². The van der Waals surface area contributed by atoms with E-state index >= 15 is 0 Å². The van der Waals surface area contributed by atoms with E-state index in [2.05, 4.69) is 32.9 Å². The molecule has 6 nitrogen and oxygen atoms in total. The Balaban J connectivity index is 4.27. The predicted molar refractivity (Wildman–Crippen MR) is 293 cm³/mol. The van der Waals surface area contributed by atoms with Crippen LogP contribution >= 0.6 is 0 Å². The van der Waals surface area contributed by atoms with Gasteiger partial charge in [0.2, 0.25) is 0 Å². The molecule has 0 saturated heterocycles. The van der Waals surface area contributed by atoms with Crippen molar-refractivity contribution in [2.24, 2.45) is 0 Å². The number of rotatable bonds is 57. The number of carbonyl (C=O) groups excluding carboxylic acids is 3. The summed E-state index contributed by atoms with van der Waals surface area (Å²) in [5, 5.41) is 0. The van der Waals surface area contributed by atoms with Crippen LogP contribution in [0.3, 0.4) is 0 Å². The van der Waals surface area contributed by atoms with Crippen LogP contribution in [0.4, 0.5) is 0 Å². The largest absolute Gasteiger partial charge is 0.462 e. The molecule has 0 unspecified atom stereocenters. The molecule has 0 saturated carbocycles. The summed E-state index contributed by atoms with van der Waals surface area (Å²) in [5.74, 6) is -0.843. The van der Waals surface area contributed by atoms with Gasteiger partial charge in [-0.25, -0.2) is 0 Å². The van der Waals surface area contributed by atoms with Gasteiger partial charge >= 0.3 is 17.9 Å². The van der Waals surface area contributed by atoms with Crippen LogP contribution in [0.5, 0.6) is 0 Å². The monoisotopic (exact) mass is 959 g/mol. The molecule has 0 aliphatic rings. The quantitative estimate of drug-likeness (QED) is 0.0262. The lowest BCUT2D eigenvalue weighted by atomic mass is 10.0. The molecule has 0 aliphatic carbocycles. The van der Waals surface area contributed by atoms with Crippen LogP contribution in [0.15, 0.2) is 12.2 Å². The van der Waals surface area contributed by atoms with Gasteiger partial charge in [0.25, 0.3) is 0 Å². The van der Waals surface area contributed by atoms with Gasteiger partial charge in [0.05, 0.1) is 0 Å². The van der Waals surface area contributed by atoms with Gasteiger partial charge in [0.1, 0.15) is 13.2 Å². The lowest BCUT2D eigenvalue weighted by Crippen LogP contribution is -2.30. The maximum absolute atomic E-state index is 12.9. The van der Waals surface area contributed by atoms with E-state index in [1.807, 2.05) is 0 Å². The van der Waals surface area contributed by atoms with Crippen LogP contribution in [-0.4, -0.2) is 37.2 Å². The zero-order chi connectivity index (χ0) is 49.3. The van der Waals surface area contributed by atoms with E-state index in [0.29, 0.717) is 19.3 Å². The van der Waals surface area contributed by atoms with E-state index in [9.17, 15) is 14.4 Å². The smallest absolute Gasteiger partial charge is 0.306 e. The summed E-state index contributed by atoms with van der Waals surface area (Å²) in [7, 11) is 0. The van der Waals surface area contributed by atoms with Crippen molar-refractivity contribution >= 4 is 17.9 Å². The molecule has 0 bridgehead atoms. The number of ether oxygens (including phenoxy) is 3. The number of allylic oxidation sites excluding steroid dienone is 2. The first kappa shape index (κ1) is 66.2. The van der Waals surface area contributed by atoms with Gasteiger partial charge in [0, 0.05) is 19.3 Å². The molecule has 0 aliphatic heterocycles. The minimum absolute atomic E-state index is 0.0651. The van der Waals surface area contributed by atoms with E-state index in [1.54, 1.807) is 0 Å². The third-order valence-corrected chi connectivity index (χ3v) is 14.0. The molecule has 0 spiro atoms. The lowest BCUT2D eigenvalue weighted by Gasteiger charge is -2.18. The van der Waals surface area contributed by atoms with Gasteiger partial charge in [0.15, 0.2) is 6.10 Å². The summed E-state index contributed by atoms with van der Waals surface area (Å²) >= 11 is 0. The van der Waals surface area contributed by atoms with Crippen LogP contribution in [0.1, 0.15) is 348 Å². The standard InChI is InChI=1S/C62H118O6/c1-4-7-10-13-16-19-22-25-27-29-31-33-35-37-40-43-46-49-52-55-61(64)67-58-59(57-66-60(63)54-51-48-45-42-39-24-21-18-15-12-9-6-3)68-62(65)56-53-50-47-44-41-38-36-34-32-30-28-26-23-20-17-14-11-8-5-2/h29,31,59H,4-28,30,32-58H2,1-3H3/b31-29-/t59-/m1/s1. The molecule has 0 aromatic carbocycles. The van der Waals surface area contributed by atoms with Crippen LogP contribution in [0.25, 0.3) is 0 Å². The van der Waals surface area contributed by atoms with Gasteiger partial charge in [-0.1, -0.05) is 296 Å². The minimum atomic E-state index is -0.766. The first-order valence-electron chi connectivity index (χ1n) is 30.7. The van der Waals surface area contributed by atoms with Gasteiger partial charge < -0.3 is 14.2 Å². The molecule has 0 aromatic rings. The van der Waals surface area contributed by atoms with E-state index in [0.717, 1.165) is 57.8 Å². The maximum Gasteiger partial charge on any atom is 0.306 e. The van der Waals surface area contributed by atoms with Crippen molar-refractivity contribution in [3.8, 4) is 0 Å². The number of carbonyl (C=O) groups is 3. The third-order valence-electron chi connectivity index (χ3n) is 14.0. The second-order valence-electron chi connectivity index (χ2n) is 21.0. The summed E-state index contributed by atoms with van der Waals surface area (Å²) in [5.41, 5.74) is 0. The van der Waals surface area contributed by atoms with E-state index in [4.69, 9.17) is 14.2 Å². The van der Waals surface area contributed by atoms with Gasteiger partial charge in [-0.3, -0.25) is 14.4 Å². The minimum Gasteiger partial charge on any atom is -0.462 e. The van der Waals surface area contributed by atoms with E-state index in [1.165, 1.54) is 250 Å². The van der Waals surface area contributed by atoms with Gasteiger partial charge in [-0.2, -0.15) is 0 Å². The molecule has 0 rings (SSSR count). The Kier molecular flexibility index (Phi) is 56.2. The van der Waals surface area contributed by atoms with Crippen molar-refractivity contribution in [1.29, 1.82) is 0 Å². The Morgan fingerprint density at radius 3 is 0.735 bits per heavy atom. The fraction of sp³-hybridized carbons (Fsp3) is 0.919. The Hall–Kier alpha value is -1.85. The number of esters is 3. The number of hydrogen-bond donors (Lipinski definition) is 0. The van der Waals surface area contributed by atoms with Crippen LogP contribution in [0.2, 0.25) is 0 Å². The SMILES string of the molecule is CCCCCCCCCC/C=C\CCCCCCCCCC(=O)OC[C@@H](COC(=O)CCCCCCCCCCCCCC)OC(=O)CCCCCCCCCCCCCCCCCCCCC. The molecule has 0 radical (unpaired) electrons. The molecule has 0 heterocycles. The highest BCUT2D eigenvalue weighted by molar-refractivity contribution is 5.71. The van der Waals surface area contributed by atoms with Crippen molar-refractivity contribution in [3.05, 3.63) is 12.2 Å². The Morgan fingerprint density at radius 2 is 0.485 bits per heavy atom. The van der Waals surface area contributed by atoms with Crippen LogP contribution in [-0.2, 0) is 28.6 Å². The Morgan fingerprint density at radius 1 is 0.279 bits per heavy atom. The molecule has 402 valence electrons. The average Bonchev–Trinajstić information content (AvgIpc) is 3.34. The molecule has 6 heteroatoms. The number of hydrogen-bond acceptors (Lipinski definition) is 6. The van der Waals surface area contributed by atoms with Crippen molar-refractivity contribution in [1.82, 2.24) is 0 Å². The molecule has 0 fully saturated rings. The van der Waals surface area contributed by atoms with Crippen molar-refractivity contribution in [2.45, 2.75) is 354 Å². The van der Waals surface area contributed by atoms with E-state index < -0.39 is 6.10 Å². The summed E-state index contributed by atoms with van der Waals surface area (Å²) in [4.78, 5) is 38.2. The summed E-state index contributed by atoms with van der Waals surface area (Å²) in [6.45, 7) is 6.70. The molecule has 0 aromatic heterocycles. The fourth-order valence-corrected chi connectivity index (χ4v) is 9.38. The van der Waals surface area contributed by atoms with E-state index in [-0.39, 0.29) is 31.1 Å². The summed E-state index contributed by atoms with van der Waals surface area (Å²) < 4.78 is 16.9. The summed E-state index contributed by atoms with van der Waals surface area (Å²) in [6, 6.07) is 0. The van der Waals surface area contributed by atoms with Gasteiger partial charge in [-0.15, -0.1) is 0 Å². The molecular formula is C62H118O6. The lowest BCUT2D eigenvalue weighted by molar-refractivity contribution is -0.167. The maximum atomic E-state index is 12.9. The fourth-order valence-electron chi connectivity index (χ4n) is 9.38. The highest BCUT2D eigenvalue weighted by Gasteiger charge is 2.19. The average molecular weight is 960 g/mol. The molecule has 68 heavy (non-hydrogen) atoms. The molecule has 0 amide bonds. The van der Waals surface area contributed by atoms with Crippen molar-refractivity contribution in [3.63, 3.8) is 0 Å². The first-order chi connectivity index (χ1) is 33.5. The molecule has 0 N–H and O–H groups in total. The molecule has 1 atom stereocenters. The summed E-state index contributed by atoms with van der Waals surface area (Å²) in [6.07, 6.45) is 66.4. The highest BCUT2D eigenvalue weighted by atomic mass is 16.6. The van der Waals surface area contributed by atoms with Crippen molar-refractivity contribution < 1.29 is 28.6 Å². The highest BCUT2D eigenvalue weighted by Crippen LogP contribution is 2.18. The second kappa shape index (κ2) is 57.7. The second-order valence-corrected chi connectivity index (χ2v) is 21.0. The topological polar surface area (TPSA) is 78.9 Å². The third kappa shape index (κ3) is 55.1. The van der Waals surface area contributed by atoms with Gasteiger partial charge in [-0.05, 0) is 44.9 Å². The number of unbranched alkanes of at least 4 members (excludes halogenated alkanes) is 44. The zero-order valence-corrected chi connectivity index (χ0v) is 46.2. The Labute approximate surface area is 424 Å². The van der Waals surface area contributed by atoms with Crippen molar-refractivity contribution in [2.75, 3.05) is 13.2 Å². The normalized spacial score (nSPS) is 12.0. The predicted octanol–water partition coefficient (Wildman–Crippen LogP) is 20.5. The zero-order valence-electron chi connectivity index (χ0n) is 46.2. The Bertz CT molecular complexity index is 1060.